The number of rotatable bonds is 2. The molecule has 2 heterocycles. The zero-order valence-electron chi connectivity index (χ0n) is 16.2. The minimum absolute atomic E-state index is 0.242. The molecule has 142 valence electrons. The van der Waals surface area contributed by atoms with Crippen molar-refractivity contribution in [3.8, 4) is 0 Å². The summed E-state index contributed by atoms with van der Waals surface area (Å²) in [6.07, 6.45) is 0. The minimum atomic E-state index is -0.242. The van der Waals surface area contributed by atoms with Gasteiger partial charge < -0.3 is 4.57 Å². The molecule has 0 fully saturated rings. The lowest BCUT2D eigenvalue weighted by Crippen LogP contribution is -2.15. The number of pyridine rings is 1. The molecule has 1 amide bonds. The van der Waals surface area contributed by atoms with Crippen LogP contribution in [-0.4, -0.2) is 15.5 Å². The number of fused-ring (bicyclic) bond motifs is 4. The molecule has 0 radical (unpaired) electrons. The summed E-state index contributed by atoms with van der Waals surface area (Å²) in [5.41, 5.74) is 3.41. The highest BCUT2D eigenvalue weighted by molar-refractivity contribution is 7.17. The van der Waals surface area contributed by atoms with Gasteiger partial charge in [0.15, 0.2) is 4.80 Å². The Bertz CT molecular complexity index is 1480. The maximum Gasteiger partial charge on any atom is 0.279 e. The van der Waals surface area contributed by atoms with Gasteiger partial charge >= 0.3 is 0 Å². The number of hydrogen-bond donors (Lipinski definition) is 0. The fourth-order valence-corrected chi connectivity index (χ4v) is 4.92. The molecule has 0 atom stereocenters. The zero-order valence-corrected chi connectivity index (χ0v) is 17.0. The number of aromatic nitrogens is 2. The van der Waals surface area contributed by atoms with Gasteiger partial charge in [0.2, 0.25) is 0 Å². The molecular formula is C24H19N3OS. The van der Waals surface area contributed by atoms with E-state index in [0.717, 1.165) is 38.2 Å². The van der Waals surface area contributed by atoms with Crippen LogP contribution in [0, 0.1) is 6.92 Å². The van der Waals surface area contributed by atoms with Crippen LogP contribution in [0.25, 0.3) is 31.9 Å². The van der Waals surface area contributed by atoms with Gasteiger partial charge in [0.25, 0.3) is 5.91 Å². The highest BCUT2D eigenvalue weighted by Crippen LogP contribution is 2.27. The molecule has 5 heteroatoms. The van der Waals surface area contributed by atoms with Crippen LogP contribution in [0.5, 0.6) is 0 Å². The Hall–Kier alpha value is -3.31. The van der Waals surface area contributed by atoms with Crippen LogP contribution >= 0.6 is 11.3 Å². The van der Waals surface area contributed by atoms with Gasteiger partial charge in [-0.25, -0.2) is 0 Å². The maximum absolute atomic E-state index is 13.0. The SMILES string of the molecule is CCn1c(=NC(=O)c2ccc3ccc(C)nc3c2)sc2c3ccccc3ccc21. The first-order chi connectivity index (χ1) is 14.1. The second kappa shape index (κ2) is 6.94. The van der Waals surface area contributed by atoms with Gasteiger partial charge in [-0.1, -0.05) is 53.8 Å². The molecule has 5 rings (SSSR count). The number of carbonyl (C=O) groups excluding carboxylic acids is 1. The Balaban J connectivity index is 1.68. The van der Waals surface area contributed by atoms with E-state index in [9.17, 15) is 4.79 Å². The topological polar surface area (TPSA) is 47.2 Å². The van der Waals surface area contributed by atoms with Crippen LogP contribution < -0.4 is 4.80 Å². The van der Waals surface area contributed by atoms with Crippen LogP contribution in [0.2, 0.25) is 0 Å². The highest BCUT2D eigenvalue weighted by Gasteiger charge is 2.11. The van der Waals surface area contributed by atoms with E-state index in [1.54, 1.807) is 11.3 Å². The van der Waals surface area contributed by atoms with Gasteiger partial charge in [0.05, 0.1) is 15.7 Å². The molecule has 2 aromatic heterocycles. The number of hydrogen-bond acceptors (Lipinski definition) is 3. The lowest BCUT2D eigenvalue weighted by atomic mass is 10.1. The summed E-state index contributed by atoms with van der Waals surface area (Å²) in [4.78, 5) is 22.7. The van der Waals surface area contributed by atoms with E-state index in [-0.39, 0.29) is 5.91 Å². The van der Waals surface area contributed by atoms with Crippen molar-refractivity contribution in [3.63, 3.8) is 0 Å². The second-order valence-corrected chi connectivity index (χ2v) is 8.02. The maximum atomic E-state index is 13.0. The van der Waals surface area contributed by atoms with E-state index >= 15 is 0 Å². The molecule has 0 saturated carbocycles. The van der Waals surface area contributed by atoms with Crippen LogP contribution in [-0.2, 0) is 6.54 Å². The summed E-state index contributed by atoms with van der Waals surface area (Å²) in [7, 11) is 0. The zero-order chi connectivity index (χ0) is 20.0. The second-order valence-electron chi connectivity index (χ2n) is 7.04. The summed E-state index contributed by atoms with van der Waals surface area (Å²) in [6.45, 7) is 4.78. The molecule has 0 aliphatic rings. The number of benzene rings is 3. The first kappa shape index (κ1) is 17.8. The third kappa shape index (κ3) is 3.04. The summed E-state index contributed by atoms with van der Waals surface area (Å²) < 4.78 is 3.26. The van der Waals surface area contributed by atoms with Gasteiger partial charge in [-0.2, -0.15) is 4.99 Å². The Morgan fingerprint density at radius 1 is 1.03 bits per heavy atom. The number of nitrogens with zero attached hydrogens (tertiary/aromatic N) is 3. The smallest absolute Gasteiger partial charge is 0.279 e. The van der Waals surface area contributed by atoms with E-state index in [1.807, 2.05) is 49.4 Å². The average Bonchev–Trinajstić information content (AvgIpc) is 3.10. The Morgan fingerprint density at radius 2 is 1.83 bits per heavy atom. The molecule has 0 bridgehead atoms. The van der Waals surface area contributed by atoms with E-state index in [4.69, 9.17) is 0 Å². The van der Waals surface area contributed by atoms with Crippen LogP contribution in [0.1, 0.15) is 23.0 Å². The fraction of sp³-hybridized carbons (Fsp3) is 0.125. The highest BCUT2D eigenvalue weighted by atomic mass is 32.1. The third-order valence-electron chi connectivity index (χ3n) is 5.17. The standard InChI is InChI=1S/C24H19N3OS/c1-3-27-21-13-12-16-6-4-5-7-19(16)22(21)29-24(27)26-23(28)18-11-10-17-9-8-15(2)25-20(17)14-18/h4-14H,3H2,1-2H3. The van der Waals surface area contributed by atoms with Gasteiger partial charge in [0.1, 0.15) is 0 Å². The molecule has 29 heavy (non-hydrogen) atoms. The van der Waals surface area contributed by atoms with Crippen molar-refractivity contribution in [3.05, 3.63) is 82.8 Å². The molecule has 3 aromatic carbocycles. The number of aryl methyl sites for hydroxylation is 2. The monoisotopic (exact) mass is 397 g/mol. The van der Waals surface area contributed by atoms with Crippen LogP contribution in [0.4, 0.5) is 0 Å². The quantitative estimate of drug-likeness (QED) is 0.396. The molecule has 0 aliphatic heterocycles. The summed E-state index contributed by atoms with van der Waals surface area (Å²) >= 11 is 1.57. The summed E-state index contributed by atoms with van der Waals surface area (Å²) in [6, 6.07) is 22.1. The van der Waals surface area contributed by atoms with Crippen molar-refractivity contribution >= 4 is 49.1 Å². The molecule has 5 aromatic rings. The molecule has 0 saturated heterocycles. The van der Waals surface area contributed by atoms with E-state index in [2.05, 4.69) is 45.7 Å². The van der Waals surface area contributed by atoms with Crippen LogP contribution in [0.15, 0.2) is 71.7 Å². The first-order valence-corrected chi connectivity index (χ1v) is 10.4. The number of carbonyl (C=O) groups is 1. The van der Waals surface area contributed by atoms with Crippen molar-refractivity contribution in [2.75, 3.05) is 0 Å². The lowest BCUT2D eigenvalue weighted by molar-refractivity contribution is 0.0998. The van der Waals surface area contributed by atoms with Crippen LogP contribution in [0.3, 0.4) is 0 Å². The number of thiazole rings is 1. The van der Waals surface area contributed by atoms with E-state index in [1.165, 1.54) is 10.8 Å². The first-order valence-electron chi connectivity index (χ1n) is 9.61. The summed E-state index contributed by atoms with van der Waals surface area (Å²) in [5, 5.41) is 3.40. The summed E-state index contributed by atoms with van der Waals surface area (Å²) in [5.74, 6) is -0.242. The molecule has 0 unspecified atom stereocenters. The fourth-order valence-electron chi connectivity index (χ4n) is 3.69. The lowest BCUT2D eigenvalue weighted by Gasteiger charge is -2.03. The van der Waals surface area contributed by atoms with E-state index in [0.29, 0.717) is 5.56 Å². The average molecular weight is 398 g/mol. The Morgan fingerprint density at radius 3 is 2.69 bits per heavy atom. The van der Waals surface area contributed by atoms with Crippen molar-refractivity contribution in [1.82, 2.24) is 9.55 Å². The largest absolute Gasteiger partial charge is 0.317 e. The van der Waals surface area contributed by atoms with Crippen molar-refractivity contribution in [2.24, 2.45) is 4.99 Å². The third-order valence-corrected chi connectivity index (χ3v) is 6.29. The van der Waals surface area contributed by atoms with Gasteiger partial charge in [-0.05, 0) is 43.5 Å². The van der Waals surface area contributed by atoms with Crippen molar-refractivity contribution < 1.29 is 4.79 Å². The normalized spacial score (nSPS) is 12.3. The predicted molar refractivity (Wildman–Crippen MR) is 119 cm³/mol. The molecule has 0 spiro atoms. The molecule has 0 N–H and O–H groups in total. The van der Waals surface area contributed by atoms with Crippen molar-refractivity contribution in [2.45, 2.75) is 20.4 Å². The minimum Gasteiger partial charge on any atom is -0.317 e. The molecule has 4 nitrogen and oxygen atoms in total. The van der Waals surface area contributed by atoms with Crippen molar-refractivity contribution in [1.29, 1.82) is 0 Å². The Labute approximate surface area is 171 Å². The Kier molecular flexibility index (Phi) is 4.25. The van der Waals surface area contributed by atoms with Gasteiger partial charge in [-0.3, -0.25) is 9.78 Å². The molecular weight excluding hydrogens is 378 g/mol. The van der Waals surface area contributed by atoms with E-state index < -0.39 is 0 Å². The van der Waals surface area contributed by atoms with Gasteiger partial charge in [-0.15, -0.1) is 0 Å². The molecule has 0 aliphatic carbocycles. The van der Waals surface area contributed by atoms with Gasteiger partial charge in [0, 0.05) is 28.6 Å². The predicted octanol–water partition coefficient (Wildman–Crippen LogP) is 5.47. The number of amides is 1.